The molecule has 14 heavy (non-hydrogen) atoms. The van der Waals surface area contributed by atoms with Crippen molar-refractivity contribution in [3.63, 3.8) is 0 Å². The quantitative estimate of drug-likeness (QED) is 0.474. The second-order valence-corrected chi connectivity index (χ2v) is 2.50. The molecule has 0 radical (unpaired) electrons. The number of nitrogens with one attached hydrogen (secondary N) is 1. The minimum absolute atomic E-state index is 0.00507. The summed E-state index contributed by atoms with van der Waals surface area (Å²) in [4.78, 5) is 31.7. The predicted octanol–water partition coefficient (Wildman–Crippen LogP) is 0.166. The summed E-state index contributed by atoms with van der Waals surface area (Å²) in [5.41, 5.74) is 0. The van der Waals surface area contributed by atoms with Crippen molar-refractivity contribution in [2.45, 2.75) is 19.8 Å². The van der Waals surface area contributed by atoms with E-state index in [9.17, 15) is 14.4 Å². The molecule has 0 rings (SSSR count). The third-order valence-electron chi connectivity index (χ3n) is 1.33. The van der Waals surface area contributed by atoms with Gasteiger partial charge in [-0.25, -0.2) is 4.79 Å². The Morgan fingerprint density at radius 1 is 1.36 bits per heavy atom. The summed E-state index contributed by atoms with van der Waals surface area (Å²) in [5.74, 6) is -0.912. The molecule has 0 fully saturated rings. The van der Waals surface area contributed by atoms with E-state index >= 15 is 0 Å². The molecule has 0 aliphatic heterocycles. The highest BCUT2D eigenvalue weighted by Gasteiger charge is 2.09. The summed E-state index contributed by atoms with van der Waals surface area (Å²) >= 11 is 0. The second kappa shape index (κ2) is 6.88. The number of ketones is 1. The summed E-state index contributed by atoms with van der Waals surface area (Å²) in [7, 11) is 0. The van der Waals surface area contributed by atoms with Gasteiger partial charge in [0.05, 0.1) is 6.61 Å². The molecule has 1 amide bonds. The number of carbonyl (C=O) groups excluding carboxylic acids is 2. The van der Waals surface area contributed by atoms with Gasteiger partial charge in [0.25, 0.3) is 0 Å². The lowest BCUT2D eigenvalue weighted by Gasteiger charge is -2.01. The normalized spacial score (nSPS) is 9.21. The summed E-state index contributed by atoms with van der Waals surface area (Å²) in [6.45, 7) is 1.90. The average Bonchev–Trinajstić information content (AvgIpc) is 2.03. The van der Waals surface area contributed by atoms with E-state index < -0.39 is 12.1 Å². The molecule has 0 spiro atoms. The maximum atomic E-state index is 11.0. The number of esters is 1. The monoisotopic (exact) mass is 203 g/mol. The number of carbonyl (C=O) groups is 3. The number of rotatable bonds is 6. The van der Waals surface area contributed by atoms with Gasteiger partial charge in [-0.3, -0.25) is 9.59 Å². The van der Waals surface area contributed by atoms with Crippen LogP contribution < -0.4 is 5.32 Å². The van der Waals surface area contributed by atoms with E-state index in [0.717, 1.165) is 0 Å². The summed E-state index contributed by atoms with van der Waals surface area (Å²) in [6, 6.07) is 0. The van der Waals surface area contributed by atoms with Gasteiger partial charge < -0.3 is 15.2 Å². The molecule has 6 nitrogen and oxygen atoms in total. The summed E-state index contributed by atoms with van der Waals surface area (Å²) in [6.07, 6.45) is -1.48. The highest BCUT2D eigenvalue weighted by atomic mass is 16.5. The van der Waals surface area contributed by atoms with E-state index in [1.807, 2.05) is 5.32 Å². The topological polar surface area (TPSA) is 92.7 Å². The third-order valence-corrected chi connectivity index (χ3v) is 1.33. The van der Waals surface area contributed by atoms with Crippen molar-refractivity contribution < 1.29 is 24.2 Å². The average molecular weight is 203 g/mol. The first-order valence-electron chi connectivity index (χ1n) is 4.20. The Balaban J connectivity index is 3.55. The van der Waals surface area contributed by atoms with Gasteiger partial charge in [0.1, 0.15) is 12.2 Å². The molecule has 2 N–H and O–H groups in total. The van der Waals surface area contributed by atoms with Crippen LogP contribution in [-0.2, 0) is 14.3 Å². The summed E-state index contributed by atoms with van der Waals surface area (Å²) < 4.78 is 4.54. The first kappa shape index (κ1) is 12.4. The van der Waals surface area contributed by atoms with Crippen molar-refractivity contribution in [3.8, 4) is 0 Å². The van der Waals surface area contributed by atoms with Crippen LogP contribution in [0.15, 0.2) is 0 Å². The number of hydrogen-bond donors (Lipinski definition) is 2. The van der Waals surface area contributed by atoms with Crippen molar-refractivity contribution in [3.05, 3.63) is 0 Å². The molecular weight excluding hydrogens is 190 g/mol. The van der Waals surface area contributed by atoms with Crippen LogP contribution in [0.1, 0.15) is 19.8 Å². The number of Topliss-reactive ketones (excluding diaryl/α,β-unsaturated/α-hetero) is 1. The fraction of sp³-hybridized carbons (Fsp3) is 0.625. The molecule has 0 saturated carbocycles. The van der Waals surface area contributed by atoms with E-state index in [4.69, 9.17) is 5.11 Å². The summed E-state index contributed by atoms with van der Waals surface area (Å²) in [5, 5.41) is 10.2. The smallest absolute Gasteiger partial charge is 0.404 e. The van der Waals surface area contributed by atoms with Crippen LogP contribution in [0.5, 0.6) is 0 Å². The van der Waals surface area contributed by atoms with E-state index in [1.165, 1.54) is 0 Å². The van der Waals surface area contributed by atoms with Crippen LogP contribution in [0.2, 0.25) is 0 Å². The van der Waals surface area contributed by atoms with Gasteiger partial charge >= 0.3 is 12.1 Å². The van der Waals surface area contributed by atoms with Crippen LogP contribution in [0.4, 0.5) is 4.79 Å². The molecule has 6 heteroatoms. The molecule has 0 saturated heterocycles. The van der Waals surface area contributed by atoms with E-state index in [-0.39, 0.29) is 31.8 Å². The van der Waals surface area contributed by atoms with Crippen molar-refractivity contribution in [2.24, 2.45) is 0 Å². The van der Waals surface area contributed by atoms with Crippen LogP contribution in [0.3, 0.4) is 0 Å². The number of hydrogen-bond acceptors (Lipinski definition) is 4. The van der Waals surface area contributed by atoms with Gasteiger partial charge in [0.2, 0.25) is 0 Å². The van der Waals surface area contributed by atoms with Crippen LogP contribution in [0.25, 0.3) is 0 Å². The Morgan fingerprint density at radius 2 is 2.00 bits per heavy atom. The Bertz CT molecular complexity index is 226. The molecule has 0 unspecified atom stereocenters. The maximum absolute atomic E-state index is 11.0. The zero-order valence-corrected chi connectivity index (χ0v) is 7.91. The Kier molecular flexibility index (Phi) is 6.09. The van der Waals surface area contributed by atoms with Gasteiger partial charge in [-0.2, -0.15) is 0 Å². The van der Waals surface area contributed by atoms with Gasteiger partial charge in [0, 0.05) is 13.0 Å². The fourth-order valence-corrected chi connectivity index (χ4v) is 0.770. The lowest BCUT2D eigenvalue weighted by Crippen LogP contribution is -2.24. The SMILES string of the molecule is CCOC(=O)CC(=O)CCNC(=O)O. The molecule has 0 bridgehead atoms. The Hall–Kier alpha value is -1.59. The third kappa shape index (κ3) is 7.08. The minimum atomic E-state index is -1.19. The molecule has 0 atom stereocenters. The number of amides is 1. The van der Waals surface area contributed by atoms with Gasteiger partial charge in [0.15, 0.2) is 0 Å². The first-order chi connectivity index (χ1) is 6.56. The fourth-order valence-electron chi connectivity index (χ4n) is 0.770. The zero-order chi connectivity index (χ0) is 11.0. The van der Waals surface area contributed by atoms with Crippen LogP contribution >= 0.6 is 0 Å². The van der Waals surface area contributed by atoms with Crippen molar-refractivity contribution in [1.82, 2.24) is 5.32 Å². The molecule has 0 aromatic heterocycles. The lowest BCUT2D eigenvalue weighted by molar-refractivity contribution is -0.145. The molecular formula is C8H13NO5. The highest BCUT2D eigenvalue weighted by molar-refractivity contribution is 5.95. The Morgan fingerprint density at radius 3 is 2.50 bits per heavy atom. The predicted molar refractivity (Wildman–Crippen MR) is 46.9 cm³/mol. The zero-order valence-electron chi connectivity index (χ0n) is 7.91. The largest absolute Gasteiger partial charge is 0.466 e. The van der Waals surface area contributed by atoms with Crippen molar-refractivity contribution in [1.29, 1.82) is 0 Å². The molecule has 0 aromatic carbocycles. The lowest BCUT2D eigenvalue weighted by atomic mass is 10.2. The van der Waals surface area contributed by atoms with Crippen molar-refractivity contribution in [2.75, 3.05) is 13.2 Å². The van der Waals surface area contributed by atoms with Gasteiger partial charge in [-0.1, -0.05) is 0 Å². The second-order valence-electron chi connectivity index (χ2n) is 2.50. The number of ether oxygens (including phenoxy) is 1. The Labute approximate surface area is 81.2 Å². The highest BCUT2D eigenvalue weighted by Crippen LogP contribution is 1.92. The molecule has 0 aromatic rings. The van der Waals surface area contributed by atoms with E-state index in [0.29, 0.717) is 0 Å². The molecule has 0 aliphatic carbocycles. The van der Waals surface area contributed by atoms with Crippen molar-refractivity contribution >= 4 is 17.8 Å². The van der Waals surface area contributed by atoms with Crippen LogP contribution in [-0.4, -0.2) is 36.1 Å². The minimum Gasteiger partial charge on any atom is -0.466 e. The standard InChI is InChI=1S/C8H13NO5/c1-2-14-7(11)5-6(10)3-4-9-8(12)13/h9H,2-5H2,1H3,(H,12,13). The van der Waals surface area contributed by atoms with Crippen LogP contribution in [0, 0.1) is 0 Å². The van der Waals surface area contributed by atoms with E-state index in [1.54, 1.807) is 6.92 Å². The van der Waals surface area contributed by atoms with E-state index in [2.05, 4.69) is 4.74 Å². The first-order valence-corrected chi connectivity index (χ1v) is 4.20. The molecule has 0 aliphatic rings. The van der Waals surface area contributed by atoms with Gasteiger partial charge in [-0.05, 0) is 6.92 Å². The van der Waals surface area contributed by atoms with Gasteiger partial charge in [-0.15, -0.1) is 0 Å². The molecule has 0 heterocycles. The number of carboxylic acid groups (broad SMARTS) is 1. The molecule has 80 valence electrons. The maximum Gasteiger partial charge on any atom is 0.404 e.